The van der Waals surface area contributed by atoms with Crippen molar-refractivity contribution in [2.75, 3.05) is 12.3 Å². The zero-order valence-corrected chi connectivity index (χ0v) is 11.9. The number of carbonyl (C=O) groups excluding carboxylic acids is 1. The van der Waals surface area contributed by atoms with Crippen LogP contribution in [0, 0.1) is 11.3 Å². The lowest BCUT2D eigenvalue weighted by molar-refractivity contribution is -0.141. The van der Waals surface area contributed by atoms with E-state index in [0.29, 0.717) is 10.5 Å². The van der Waals surface area contributed by atoms with Gasteiger partial charge in [-0.15, -0.1) is 11.8 Å². The topological polar surface area (TPSA) is 102 Å². The van der Waals surface area contributed by atoms with E-state index in [9.17, 15) is 14.7 Å². The van der Waals surface area contributed by atoms with Gasteiger partial charge in [-0.25, -0.2) is 4.79 Å². The minimum absolute atomic E-state index is 0.00699. The molecule has 1 aromatic carbocycles. The summed E-state index contributed by atoms with van der Waals surface area (Å²) in [6, 6.07) is 7.74. The van der Waals surface area contributed by atoms with Crippen LogP contribution in [-0.4, -0.2) is 51.4 Å². The number of carboxylic acids is 1. The molecule has 2 atom stereocenters. The summed E-state index contributed by atoms with van der Waals surface area (Å²) in [6.07, 6.45) is -0.789. The fourth-order valence-electron chi connectivity index (χ4n) is 2.31. The Morgan fingerprint density at radius 3 is 2.81 bits per heavy atom. The van der Waals surface area contributed by atoms with Gasteiger partial charge in [0.15, 0.2) is 0 Å². The highest BCUT2D eigenvalue weighted by Crippen LogP contribution is 2.27. The molecule has 1 aliphatic heterocycles. The minimum atomic E-state index is -1.12. The lowest BCUT2D eigenvalue weighted by atomic mass is 10.1. The highest BCUT2D eigenvalue weighted by Gasteiger charge is 2.39. The number of nitriles is 1. The lowest BCUT2D eigenvalue weighted by Gasteiger charge is -2.22. The molecule has 1 fully saturated rings. The molecule has 6 nitrogen and oxygen atoms in total. The van der Waals surface area contributed by atoms with Gasteiger partial charge < -0.3 is 15.1 Å². The Balaban J connectivity index is 2.27. The van der Waals surface area contributed by atoms with E-state index in [1.54, 1.807) is 24.3 Å². The van der Waals surface area contributed by atoms with Crippen LogP contribution in [0.3, 0.4) is 0 Å². The number of aliphatic hydroxyl groups excluding tert-OH is 1. The normalized spacial score (nSPS) is 21.0. The predicted octanol–water partition coefficient (Wildman–Crippen LogP) is 0.962. The lowest BCUT2D eigenvalue weighted by Crippen LogP contribution is -2.40. The van der Waals surface area contributed by atoms with Crippen molar-refractivity contribution in [3.8, 4) is 6.07 Å². The van der Waals surface area contributed by atoms with Crippen molar-refractivity contribution in [2.45, 2.75) is 23.5 Å². The van der Waals surface area contributed by atoms with Crippen LogP contribution in [0.5, 0.6) is 0 Å². The molecule has 1 saturated heterocycles. The maximum absolute atomic E-state index is 12.5. The molecular weight excluding hydrogens is 292 g/mol. The monoisotopic (exact) mass is 306 g/mol. The van der Waals surface area contributed by atoms with Crippen LogP contribution < -0.4 is 0 Å². The Labute approximate surface area is 126 Å². The van der Waals surface area contributed by atoms with Crippen LogP contribution >= 0.6 is 11.8 Å². The molecule has 0 unspecified atom stereocenters. The molecule has 0 aromatic heterocycles. The highest BCUT2D eigenvalue weighted by molar-refractivity contribution is 7.99. The van der Waals surface area contributed by atoms with Crippen LogP contribution in [0.2, 0.25) is 0 Å². The van der Waals surface area contributed by atoms with E-state index in [-0.39, 0.29) is 18.7 Å². The first-order chi connectivity index (χ1) is 10.0. The van der Waals surface area contributed by atoms with Gasteiger partial charge in [-0.3, -0.25) is 4.79 Å². The van der Waals surface area contributed by atoms with Gasteiger partial charge in [-0.2, -0.15) is 5.26 Å². The van der Waals surface area contributed by atoms with Crippen molar-refractivity contribution in [1.82, 2.24) is 4.90 Å². The Hall–Kier alpha value is -2.04. The summed E-state index contributed by atoms with van der Waals surface area (Å²) < 4.78 is 0. The number of benzene rings is 1. The van der Waals surface area contributed by atoms with Gasteiger partial charge in [-0.1, -0.05) is 12.1 Å². The van der Waals surface area contributed by atoms with Crippen molar-refractivity contribution in [2.24, 2.45) is 0 Å². The number of thioether (sulfide) groups is 1. The molecule has 1 aliphatic rings. The summed E-state index contributed by atoms with van der Waals surface area (Å²) in [5, 5.41) is 27.4. The quantitative estimate of drug-likeness (QED) is 0.803. The van der Waals surface area contributed by atoms with E-state index in [1.165, 1.54) is 16.7 Å². The SMILES string of the molecule is N#CCSc1ccccc1C(=O)N1C[C@H](O)C[C@@H]1C(=O)O. The number of carbonyl (C=O) groups is 2. The average Bonchev–Trinajstić information content (AvgIpc) is 2.87. The second-order valence-corrected chi connectivity index (χ2v) is 5.66. The number of hydrogen-bond donors (Lipinski definition) is 2. The fourth-order valence-corrected chi connectivity index (χ4v) is 3.01. The van der Waals surface area contributed by atoms with E-state index in [2.05, 4.69) is 0 Å². The number of aliphatic hydroxyl groups is 1. The van der Waals surface area contributed by atoms with Crippen LogP contribution in [0.1, 0.15) is 16.8 Å². The third kappa shape index (κ3) is 3.35. The third-order valence-electron chi connectivity index (χ3n) is 3.23. The smallest absolute Gasteiger partial charge is 0.326 e. The highest BCUT2D eigenvalue weighted by atomic mass is 32.2. The Morgan fingerprint density at radius 2 is 2.14 bits per heavy atom. The maximum Gasteiger partial charge on any atom is 0.326 e. The standard InChI is InChI=1S/C14H14N2O4S/c15-5-6-21-12-4-2-1-3-10(12)13(18)16-8-9(17)7-11(16)14(19)20/h1-4,9,11,17H,6-8H2,(H,19,20)/t9-,11-/m1/s1. The molecule has 0 bridgehead atoms. The van der Waals surface area contributed by atoms with Crippen molar-refractivity contribution in [1.29, 1.82) is 5.26 Å². The number of likely N-dealkylation sites (tertiary alicyclic amines) is 1. The number of rotatable bonds is 4. The van der Waals surface area contributed by atoms with Gasteiger partial charge in [0, 0.05) is 17.9 Å². The summed E-state index contributed by atoms with van der Waals surface area (Å²) in [4.78, 5) is 25.6. The molecule has 0 radical (unpaired) electrons. The molecule has 1 amide bonds. The molecule has 0 saturated carbocycles. The first kappa shape index (κ1) is 15.4. The number of hydrogen-bond acceptors (Lipinski definition) is 5. The summed E-state index contributed by atoms with van der Waals surface area (Å²) in [7, 11) is 0. The molecule has 1 heterocycles. The number of carboxylic acid groups (broad SMARTS) is 1. The molecule has 2 rings (SSSR count). The van der Waals surface area contributed by atoms with Gasteiger partial charge in [0.25, 0.3) is 5.91 Å². The summed E-state index contributed by atoms with van der Waals surface area (Å²) in [6.45, 7) is 0.00699. The molecule has 110 valence electrons. The summed E-state index contributed by atoms with van der Waals surface area (Å²) in [5.41, 5.74) is 0.359. The maximum atomic E-state index is 12.5. The summed E-state index contributed by atoms with van der Waals surface area (Å²) in [5.74, 6) is -1.35. The van der Waals surface area contributed by atoms with E-state index in [0.717, 1.165) is 0 Å². The van der Waals surface area contributed by atoms with E-state index >= 15 is 0 Å². The van der Waals surface area contributed by atoms with Crippen molar-refractivity contribution in [3.63, 3.8) is 0 Å². The minimum Gasteiger partial charge on any atom is -0.480 e. The molecule has 0 aliphatic carbocycles. The van der Waals surface area contributed by atoms with Gasteiger partial charge in [0.1, 0.15) is 6.04 Å². The zero-order chi connectivity index (χ0) is 15.4. The summed E-state index contributed by atoms with van der Waals surface area (Å²) >= 11 is 1.23. The first-order valence-electron chi connectivity index (χ1n) is 6.35. The third-order valence-corrected chi connectivity index (χ3v) is 4.18. The Bertz CT molecular complexity index is 599. The number of nitrogens with zero attached hydrogens (tertiary/aromatic N) is 2. The van der Waals surface area contributed by atoms with Crippen LogP contribution in [-0.2, 0) is 4.79 Å². The van der Waals surface area contributed by atoms with E-state index in [4.69, 9.17) is 10.4 Å². The first-order valence-corrected chi connectivity index (χ1v) is 7.33. The molecule has 1 aromatic rings. The molecule has 7 heteroatoms. The molecule has 0 spiro atoms. The van der Waals surface area contributed by atoms with Crippen LogP contribution in [0.4, 0.5) is 0 Å². The zero-order valence-electron chi connectivity index (χ0n) is 11.1. The predicted molar refractivity (Wildman–Crippen MR) is 75.9 cm³/mol. The largest absolute Gasteiger partial charge is 0.480 e. The second kappa shape index (κ2) is 6.61. The van der Waals surface area contributed by atoms with Crippen molar-refractivity contribution < 1.29 is 19.8 Å². The second-order valence-electron chi connectivity index (χ2n) is 4.64. The van der Waals surface area contributed by atoms with E-state index in [1.807, 2.05) is 6.07 Å². The number of amides is 1. The van der Waals surface area contributed by atoms with E-state index < -0.39 is 24.0 Å². The Morgan fingerprint density at radius 1 is 1.43 bits per heavy atom. The van der Waals surface area contributed by atoms with Crippen molar-refractivity contribution in [3.05, 3.63) is 29.8 Å². The van der Waals surface area contributed by atoms with Gasteiger partial charge in [0.2, 0.25) is 0 Å². The van der Waals surface area contributed by atoms with Crippen LogP contribution in [0.15, 0.2) is 29.2 Å². The fraction of sp³-hybridized carbons (Fsp3) is 0.357. The van der Waals surface area contributed by atoms with Crippen molar-refractivity contribution >= 4 is 23.6 Å². The molecular formula is C14H14N2O4S. The molecule has 21 heavy (non-hydrogen) atoms. The van der Waals surface area contributed by atoms with Gasteiger partial charge >= 0.3 is 5.97 Å². The number of aliphatic carboxylic acids is 1. The van der Waals surface area contributed by atoms with Crippen LogP contribution in [0.25, 0.3) is 0 Å². The number of β-amino-alcohol motifs (C(OH)–C–C–N with tert-alkyl or cyclic N) is 1. The molecule has 2 N–H and O–H groups in total. The van der Waals surface area contributed by atoms with Gasteiger partial charge in [0.05, 0.1) is 23.5 Å². The van der Waals surface area contributed by atoms with Gasteiger partial charge in [-0.05, 0) is 12.1 Å². The Kier molecular flexibility index (Phi) is 4.83. The average molecular weight is 306 g/mol.